The van der Waals surface area contributed by atoms with Crippen LogP contribution in [0.25, 0.3) is 22.0 Å². The molecular weight excluding hydrogens is 430 g/mol. The van der Waals surface area contributed by atoms with Crippen LogP contribution < -0.4 is 5.32 Å². The number of fused-ring (bicyclic) bond motifs is 1. The summed E-state index contributed by atoms with van der Waals surface area (Å²) in [6, 6.07) is 8.77. The topological polar surface area (TPSA) is 96.3 Å². The minimum absolute atomic E-state index is 0.00616. The molecule has 2 aromatic carbocycles. The standard InChI is InChI=1S/C25H24F2N2O4/c26-18-3-1-2-17(22(18)27)21-16-5-4-15(30)12-19(16)29-23(20(21)14-6-10-33-11-7-14)28-13-25(8-9-25)24(31)32/h1-5,12,14,30H,6-11,13H2,(H,28,29)(H,31,32)/p+1. The summed E-state index contributed by atoms with van der Waals surface area (Å²) in [5.41, 5.74) is 1.10. The van der Waals surface area contributed by atoms with Crippen LogP contribution in [0.15, 0.2) is 36.4 Å². The molecule has 0 unspecified atom stereocenters. The van der Waals surface area contributed by atoms with Gasteiger partial charge in [-0.15, -0.1) is 0 Å². The summed E-state index contributed by atoms with van der Waals surface area (Å²) in [7, 11) is 0. The molecule has 1 saturated carbocycles. The van der Waals surface area contributed by atoms with Crippen LogP contribution in [0.4, 0.5) is 14.6 Å². The number of nitrogens with zero attached hydrogens (tertiary/aromatic N) is 1. The zero-order chi connectivity index (χ0) is 23.2. The summed E-state index contributed by atoms with van der Waals surface area (Å²) >= 11 is 0. The average Bonchev–Trinajstić information content (AvgIpc) is 3.60. The number of quaternary nitrogens is 1. The Morgan fingerprint density at radius 2 is 1.94 bits per heavy atom. The summed E-state index contributed by atoms with van der Waals surface area (Å²) in [5, 5.41) is 22.1. The number of benzene rings is 2. The number of halogens is 2. The number of hydrogen-bond acceptors (Lipinski definition) is 4. The molecule has 4 N–H and O–H groups in total. The predicted octanol–water partition coefficient (Wildman–Crippen LogP) is 3.84. The Morgan fingerprint density at radius 3 is 2.64 bits per heavy atom. The van der Waals surface area contributed by atoms with Gasteiger partial charge in [0.25, 0.3) is 0 Å². The lowest BCUT2D eigenvalue weighted by atomic mass is 9.84. The number of hydrogen-bond donors (Lipinski definition) is 3. The number of aromatic nitrogens is 1. The molecule has 1 saturated heterocycles. The van der Waals surface area contributed by atoms with Crippen LogP contribution in [0.5, 0.6) is 5.75 Å². The first-order chi connectivity index (χ1) is 15.9. The summed E-state index contributed by atoms with van der Waals surface area (Å²) in [6.07, 6.45) is 2.59. The highest BCUT2D eigenvalue weighted by atomic mass is 19.2. The van der Waals surface area contributed by atoms with E-state index in [4.69, 9.17) is 9.72 Å². The molecule has 0 atom stereocenters. The number of rotatable bonds is 6. The first-order valence-corrected chi connectivity index (χ1v) is 11.1. The molecule has 0 bridgehead atoms. The van der Waals surface area contributed by atoms with Gasteiger partial charge in [-0.2, -0.15) is 4.98 Å². The Hall–Kier alpha value is -3.10. The Bertz CT molecular complexity index is 1240. The minimum Gasteiger partial charge on any atom is -0.508 e. The van der Waals surface area contributed by atoms with E-state index in [0.29, 0.717) is 67.7 Å². The molecule has 1 aliphatic carbocycles. The maximum absolute atomic E-state index is 15.1. The van der Waals surface area contributed by atoms with Crippen LogP contribution in [0.3, 0.4) is 0 Å². The van der Waals surface area contributed by atoms with E-state index >= 15 is 4.39 Å². The third-order valence-corrected chi connectivity index (χ3v) is 6.88. The fraction of sp³-hybridized carbons (Fsp3) is 0.360. The van der Waals surface area contributed by atoms with Gasteiger partial charge in [0.15, 0.2) is 11.6 Å². The van der Waals surface area contributed by atoms with Crippen LogP contribution in [-0.2, 0) is 9.53 Å². The fourth-order valence-corrected chi connectivity index (χ4v) is 4.78. The van der Waals surface area contributed by atoms with Crippen LogP contribution in [-0.4, -0.2) is 40.9 Å². The molecule has 8 heteroatoms. The fourth-order valence-electron chi connectivity index (χ4n) is 4.78. The number of phenols is 1. The lowest BCUT2D eigenvalue weighted by molar-refractivity contribution is -0.582. The van der Waals surface area contributed by atoms with Gasteiger partial charge in [0, 0.05) is 41.4 Å². The number of aliphatic carboxylic acids is 1. The quantitative estimate of drug-likeness (QED) is 0.525. The van der Waals surface area contributed by atoms with E-state index in [1.165, 1.54) is 18.2 Å². The number of ether oxygens (including phenoxy) is 1. The lowest BCUT2D eigenvalue weighted by Crippen LogP contribution is -2.81. The van der Waals surface area contributed by atoms with Gasteiger partial charge in [-0.1, -0.05) is 12.1 Å². The minimum atomic E-state index is -0.943. The zero-order valence-corrected chi connectivity index (χ0v) is 18.0. The SMILES string of the molecule is O=C(O)C1(C[NH2+]c2nc3cc(O)ccc3c(-c3cccc(F)c3F)c2C2CCOCC2)CC1. The zero-order valence-electron chi connectivity index (χ0n) is 18.0. The Morgan fingerprint density at radius 1 is 1.18 bits per heavy atom. The maximum atomic E-state index is 15.1. The largest absolute Gasteiger partial charge is 0.508 e. The summed E-state index contributed by atoms with van der Waals surface area (Å²) in [6.45, 7) is 1.39. The van der Waals surface area contributed by atoms with Gasteiger partial charge in [-0.25, -0.2) is 8.78 Å². The van der Waals surface area contributed by atoms with Crippen LogP contribution in [0.1, 0.15) is 37.2 Å². The molecule has 0 radical (unpaired) electrons. The van der Waals surface area contributed by atoms with Crippen molar-refractivity contribution in [3.8, 4) is 16.9 Å². The van der Waals surface area contributed by atoms with Crippen molar-refractivity contribution in [2.24, 2.45) is 5.41 Å². The van der Waals surface area contributed by atoms with Gasteiger partial charge in [0.05, 0.1) is 12.1 Å². The highest BCUT2D eigenvalue weighted by Gasteiger charge is 2.52. The van der Waals surface area contributed by atoms with Gasteiger partial charge < -0.3 is 14.9 Å². The van der Waals surface area contributed by atoms with Crippen molar-refractivity contribution in [2.45, 2.75) is 31.6 Å². The normalized spacial score (nSPS) is 17.9. The number of aromatic hydroxyl groups is 1. The lowest BCUT2D eigenvalue weighted by Gasteiger charge is -2.26. The van der Waals surface area contributed by atoms with Crippen LogP contribution in [0.2, 0.25) is 0 Å². The van der Waals surface area contributed by atoms with E-state index in [0.717, 1.165) is 11.6 Å². The number of carboxylic acids is 1. The van der Waals surface area contributed by atoms with E-state index < -0.39 is 23.0 Å². The number of carboxylic acid groups (broad SMARTS) is 1. The van der Waals surface area contributed by atoms with E-state index in [1.807, 2.05) is 5.32 Å². The molecular formula is C25H25F2N2O4+. The van der Waals surface area contributed by atoms with Crippen molar-refractivity contribution in [2.75, 3.05) is 19.8 Å². The molecule has 1 aromatic heterocycles. The number of nitrogens with two attached hydrogens (primary N) is 1. The van der Waals surface area contributed by atoms with Crippen molar-refractivity contribution >= 4 is 22.7 Å². The molecule has 2 aliphatic rings. The molecule has 2 heterocycles. The first kappa shape index (κ1) is 21.7. The molecule has 2 fully saturated rings. The molecule has 0 amide bonds. The Kier molecular flexibility index (Phi) is 5.50. The second-order valence-electron chi connectivity index (χ2n) is 8.97. The van der Waals surface area contributed by atoms with Crippen LogP contribution in [0, 0.1) is 17.0 Å². The molecule has 172 valence electrons. The third-order valence-electron chi connectivity index (χ3n) is 6.88. The van der Waals surface area contributed by atoms with Crippen LogP contribution >= 0.6 is 0 Å². The maximum Gasteiger partial charge on any atom is 0.315 e. The molecule has 1 aliphatic heterocycles. The molecule has 0 spiro atoms. The monoisotopic (exact) mass is 455 g/mol. The summed E-state index contributed by atoms with van der Waals surface area (Å²) < 4.78 is 34.9. The van der Waals surface area contributed by atoms with Crippen molar-refractivity contribution in [1.82, 2.24) is 4.98 Å². The number of carbonyl (C=O) groups is 1. The van der Waals surface area contributed by atoms with Gasteiger partial charge in [0.1, 0.15) is 11.2 Å². The average molecular weight is 455 g/mol. The van der Waals surface area contributed by atoms with E-state index in [-0.39, 0.29) is 17.2 Å². The van der Waals surface area contributed by atoms with Gasteiger partial charge in [-0.3, -0.25) is 10.1 Å². The second kappa shape index (κ2) is 8.35. The van der Waals surface area contributed by atoms with E-state index in [9.17, 15) is 19.4 Å². The molecule has 5 rings (SSSR count). The predicted molar refractivity (Wildman–Crippen MR) is 117 cm³/mol. The van der Waals surface area contributed by atoms with Crippen molar-refractivity contribution in [3.05, 3.63) is 53.6 Å². The number of pyridine rings is 1. The summed E-state index contributed by atoms with van der Waals surface area (Å²) in [4.78, 5) is 16.5. The Balaban J connectivity index is 1.75. The van der Waals surface area contributed by atoms with E-state index in [1.54, 1.807) is 12.1 Å². The first-order valence-electron chi connectivity index (χ1n) is 11.1. The van der Waals surface area contributed by atoms with E-state index in [2.05, 4.69) is 0 Å². The highest BCUT2D eigenvalue weighted by Crippen LogP contribution is 2.46. The van der Waals surface area contributed by atoms with Crippen molar-refractivity contribution in [1.29, 1.82) is 0 Å². The second-order valence-corrected chi connectivity index (χ2v) is 8.97. The third kappa shape index (κ3) is 3.94. The highest BCUT2D eigenvalue weighted by molar-refractivity contribution is 5.98. The number of phenolic OH excluding ortho intramolecular Hbond substituents is 1. The van der Waals surface area contributed by atoms with Crippen molar-refractivity contribution in [3.63, 3.8) is 0 Å². The molecule has 6 nitrogen and oxygen atoms in total. The van der Waals surface area contributed by atoms with Gasteiger partial charge in [-0.05, 0) is 49.8 Å². The smallest absolute Gasteiger partial charge is 0.315 e. The van der Waals surface area contributed by atoms with Crippen molar-refractivity contribution < 1.29 is 33.8 Å². The summed E-state index contributed by atoms with van der Waals surface area (Å²) in [5.74, 6) is -2.15. The van der Waals surface area contributed by atoms with Gasteiger partial charge >= 0.3 is 5.97 Å². The molecule has 3 aromatic rings. The molecule has 33 heavy (non-hydrogen) atoms. The van der Waals surface area contributed by atoms with Gasteiger partial charge in [0.2, 0.25) is 5.82 Å². The Labute approximate surface area is 189 Å².